The third-order valence-electron chi connectivity index (χ3n) is 3.14. The lowest BCUT2D eigenvalue weighted by Crippen LogP contribution is -2.36. The fourth-order valence-corrected chi connectivity index (χ4v) is 2.39. The van der Waals surface area contributed by atoms with Gasteiger partial charge in [0.05, 0.1) is 18.8 Å². The molecular weight excluding hydrogens is 222 g/mol. The van der Waals surface area contributed by atoms with Crippen molar-refractivity contribution >= 4 is 12.4 Å². The minimum atomic E-state index is 0. The fraction of sp³-hybridized carbons (Fsp3) is 0.538. The Hall–Kier alpha value is -0.570. The summed E-state index contributed by atoms with van der Waals surface area (Å²) < 4.78 is 5.89. The lowest BCUT2D eigenvalue weighted by molar-refractivity contribution is -0.0300. The summed E-state index contributed by atoms with van der Waals surface area (Å²) in [4.78, 5) is 2.26. The van der Waals surface area contributed by atoms with Gasteiger partial charge in [-0.05, 0) is 31.6 Å². The van der Waals surface area contributed by atoms with Gasteiger partial charge in [0.1, 0.15) is 0 Å². The van der Waals surface area contributed by atoms with Gasteiger partial charge in [-0.15, -0.1) is 12.4 Å². The zero-order valence-corrected chi connectivity index (χ0v) is 11.0. The van der Waals surface area contributed by atoms with Gasteiger partial charge >= 0.3 is 0 Å². The van der Waals surface area contributed by atoms with E-state index in [1.807, 2.05) is 0 Å². The van der Waals surface area contributed by atoms with E-state index in [1.54, 1.807) is 0 Å². The molecule has 0 radical (unpaired) electrons. The molecule has 0 amide bonds. The highest BCUT2D eigenvalue weighted by molar-refractivity contribution is 5.85. The van der Waals surface area contributed by atoms with Gasteiger partial charge < -0.3 is 9.64 Å². The highest BCUT2D eigenvalue weighted by atomic mass is 35.5. The van der Waals surface area contributed by atoms with Gasteiger partial charge in [0.2, 0.25) is 0 Å². The van der Waals surface area contributed by atoms with E-state index in [9.17, 15) is 0 Å². The average molecular weight is 242 g/mol. The number of rotatable bonds is 2. The van der Waals surface area contributed by atoms with Crippen LogP contribution in [0.25, 0.3) is 0 Å². The molecule has 1 aliphatic rings. The van der Waals surface area contributed by atoms with E-state index >= 15 is 0 Å². The Bertz CT molecular complexity index is 340. The number of halogens is 1. The Morgan fingerprint density at radius 3 is 2.62 bits per heavy atom. The Morgan fingerprint density at radius 2 is 2.00 bits per heavy atom. The first-order valence-corrected chi connectivity index (χ1v) is 5.60. The molecule has 2 nitrogen and oxygen atoms in total. The van der Waals surface area contributed by atoms with Gasteiger partial charge in [0.15, 0.2) is 0 Å². The van der Waals surface area contributed by atoms with Gasteiger partial charge in [-0.1, -0.05) is 31.2 Å². The molecule has 2 atom stereocenters. The number of hydrogen-bond acceptors (Lipinski definition) is 2. The fourth-order valence-electron chi connectivity index (χ4n) is 2.39. The first-order chi connectivity index (χ1) is 7.24. The van der Waals surface area contributed by atoms with Gasteiger partial charge in [0.25, 0.3) is 0 Å². The minimum absolute atomic E-state index is 0. The molecule has 16 heavy (non-hydrogen) atoms. The smallest absolute Gasteiger partial charge is 0.0773 e. The molecule has 0 unspecified atom stereocenters. The molecule has 0 saturated heterocycles. The zero-order valence-electron chi connectivity index (χ0n) is 10.1. The van der Waals surface area contributed by atoms with Crippen LogP contribution in [0, 0.1) is 0 Å². The number of fused-ring (bicyclic) bond motifs is 1. The van der Waals surface area contributed by atoms with Crippen molar-refractivity contribution in [3.8, 4) is 0 Å². The van der Waals surface area contributed by atoms with Crippen molar-refractivity contribution in [2.45, 2.75) is 32.1 Å². The zero-order chi connectivity index (χ0) is 10.8. The third kappa shape index (κ3) is 2.40. The average Bonchev–Trinajstić information content (AvgIpc) is 2.27. The second-order valence-corrected chi connectivity index (χ2v) is 4.36. The van der Waals surface area contributed by atoms with Crippen molar-refractivity contribution in [1.82, 2.24) is 4.90 Å². The predicted octanol–water partition coefficient (Wildman–Crippen LogP) is 3.02. The van der Waals surface area contributed by atoms with Gasteiger partial charge in [-0.3, -0.25) is 0 Å². The lowest BCUT2D eigenvalue weighted by atomic mass is 9.92. The highest BCUT2D eigenvalue weighted by Crippen LogP contribution is 2.33. The number of nitrogens with zero attached hydrogens (tertiary/aromatic N) is 1. The van der Waals surface area contributed by atoms with Crippen molar-refractivity contribution in [3.05, 3.63) is 35.4 Å². The number of benzene rings is 1. The summed E-state index contributed by atoms with van der Waals surface area (Å²) in [6.07, 6.45) is 1.40. The molecule has 0 saturated carbocycles. The van der Waals surface area contributed by atoms with Crippen molar-refractivity contribution < 1.29 is 4.74 Å². The van der Waals surface area contributed by atoms with Crippen LogP contribution in [-0.2, 0) is 11.3 Å². The van der Waals surface area contributed by atoms with E-state index in [0.717, 1.165) is 13.0 Å². The summed E-state index contributed by atoms with van der Waals surface area (Å²) in [5, 5.41) is 0. The maximum atomic E-state index is 5.89. The Kier molecular flexibility index (Phi) is 4.78. The summed E-state index contributed by atoms with van der Waals surface area (Å²) in [6.45, 7) is 2.95. The molecule has 0 N–H and O–H groups in total. The molecule has 1 aromatic carbocycles. The van der Waals surface area contributed by atoms with E-state index in [1.165, 1.54) is 11.1 Å². The molecule has 0 aromatic heterocycles. The first kappa shape index (κ1) is 13.5. The summed E-state index contributed by atoms with van der Waals surface area (Å²) in [5.41, 5.74) is 2.77. The van der Waals surface area contributed by atoms with Crippen LogP contribution >= 0.6 is 12.4 Å². The second kappa shape index (κ2) is 5.67. The molecule has 1 heterocycles. The van der Waals surface area contributed by atoms with Crippen molar-refractivity contribution in [1.29, 1.82) is 0 Å². The Labute approximate surface area is 104 Å². The van der Waals surface area contributed by atoms with Crippen LogP contribution < -0.4 is 0 Å². The predicted molar refractivity (Wildman–Crippen MR) is 69.0 cm³/mol. The van der Waals surface area contributed by atoms with Crippen LogP contribution in [0.5, 0.6) is 0 Å². The largest absolute Gasteiger partial charge is 0.372 e. The molecule has 2 rings (SSSR count). The van der Waals surface area contributed by atoms with E-state index < -0.39 is 0 Å². The van der Waals surface area contributed by atoms with Crippen LogP contribution in [0.2, 0.25) is 0 Å². The van der Waals surface area contributed by atoms with Crippen LogP contribution in [0.3, 0.4) is 0 Å². The summed E-state index contributed by atoms with van der Waals surface area (Å²) in [6, 6.07) is 9.00. The van der Waals surface area contributed by atoms with Crippen molar-refractivity contribution in [3.63, 3.8) is 0 Å². The third-order valence-corrected chi connectivity index (χ3v) is 3.14. The monoisotopic (exact) mass is 241 g/mol. The molecule has 90 valence electrons. The van der Waals surface area contributed by atoms with Crippen LogP contribution in [-0.4, -0.2) is 25.1 Å². The van der Waals surface area contributed by atoms with E-state index in [2.05, 4.69) is 50.2 Å². The molecule has 0 bridgehead atoms. The molecule has 0 spiro atoms. The molecule has 3 heteroatoms. The standard InChI is InChI=1S/C13H19NO.ClH/c1-4-12-13(14(2)3)11-8-6-5-7-10(11)9-15-12;/h5-8,12-13H,4,9H2,1-3H3;1H/t12-,13-;/m0./s1. The minimum Gasteiger partial charge on any atom is -0.372 e. The van der Waals surface area contributed by atoms with Gasteiger partial charge in [-0.2, -0.15) is 0 Å². The normalized spacial score (nSPS) is 23.8. The Morgan fingerprint density at radius 1 is 1.31 bits per heavy atom. The molecular formula is C13H20ClNO. The lowest BCUT2D eigenvalue weighted by Gasteiger charge is -2.37. The van der Waals surface area contributed by atoms with Crippen molar-refractivity contribution in [2.75, 3.05) is 14.1 Å². The van der Waals surface area contributed by atoms with Crippen LogP contribution in [0.4, 0.5) is 0 Å². The maximum absolute atomic E-state index is 5.89. The number of likely N-dealkylation sites (N-methyl/N-ethyl adjacent to an activating group) is 1. The molecule has 0 fully saturated rings. The summed E-state index contributed by atoms with van der Waals surface area (Å²) in [5.74, 6) is 0. The molecule has 0 aliphatic carbocycles. The number of ether oxygens (including phenoxy) is 1. The summed E-state index contributed by atoms with van der Waals surface area (Å²) >= 11 is 0. The van der Waals surface area contributed by atoms with Gasteiger partial charge in [0, 0.05) is 0 Å². The van der Waals surface area contributed by atoms with Gasteiger partial charge in [-0.25, -0.2) is 0 Å². The maximum Gasteiger partial charge on any atom is 0.0773 e. The van der Waals surface area contributed by atoms with Crippen LogP contribution in [0.15, 0.2) is 24.3 Å². The molecule has 1 aliphatic heterocycles. The van der Waals surface area contributed by atoms with Crippen LogP contribution in [0.1, 0.15) is 30.5 Å². The molecule has 1 aromatic rings. The first-order valence-electron chi connectivity index (χ1n) is 5.60. The Balaban J connectivity index is 0.00000128. The summed E-state index contributed by atoms with van der Waals surface area (Å²) in [7, 11) is 4.25. The SMILES string of the molecule is CC[C@@H]1OCc2ccccc2[C@@H]1N(C)C.Cl. The number of hydrogen-bond donors (Lipinski definition) is 0. The highest BCUT2D eigenvalue weighted by Gasteiger charge is 2.30. The topological polar surface area (TPSA) is 12.5 Å². The quantitative estimate of drug-likeness (QED) is 0.789. The van der Waals surface area contributed by atoms with E-state index in [4.69, 9.17) is 4.74 Å². The van der Waals surface area contributed by atoms with Crippen molar-refractivity contribution in [2.24, 2.45) is 0 Å². The van der Waals surface area contributed by atoms with E-state index in [0.29, 0.717) is 12.1 Å². The second-order valence-electron chi connectivity index (χ2n) is 4.36. The van der Waals surface area contributed by atoms with E-state index in [-0.39, 0.29) is 12.4 Å².